The molecule has 82 heavy (non-hydrogen) atoms. The number of allylic oxidation sites excluding steroid dienone is 9. The van der Waals surface area contributed by atoms with Crippen molar-refractivity contribution >= 4 is 67.6 Å². The number of hydrogen-bond donors (Lipinski definition) is 0. The molecule has 2 atom stereocenters. The van der Waals surface area contributed by atoms with Crippen molar-refractivity contribution in [1.29, 1.82) is 0 Å². The van der Waals surface area contributed by atoms with E-state index in [1.165, 1.54) is 132 Å². The van der Waals surface area contributed by atoms with Crippen LogP contribution in [0.1, 0.15) is 55.5 Å². The third-order valence-corrected chi connectivity index (χ3v) is 19.9. The number of benzene rings is 9. The summed E-state index contributed by atoms with van der Waals surface area (Å²) in [6.07, 6.45) is 16.3. The van der Waals surface area contributed by atoms with Gasteiger partial charge in [-0.1, -0.05) is 170 Å². The molecule has 5 aliphatic rings. The molecule has 0 N–H and O–H groups in total. The van der Waals surface area contributed by atoms with Gasteiger partial charge in [0.05, 0.1) is 0 Å². The van der Waals surface area contributed by atoms with Crippen molar-refractivity contribution in [2.24, 2.45) is 11.8 Å². The molecule has 16 rings (SSSR count). The molecular weight excluding hydrogens is 1010 g/mol. The number of nitrogens with zero attached hydrogens (tertiary/aromatic N) is 4. The molecule has 1 spiro atoms. The summed E-state index contributed by atoms with van der Waals surface area (Å²) < 4.78 is 5.04. The van der Waals surface area contributed by atoms with Crippen LogP contribution in [0.15, 0.2) is 287 Å². The Kier molecular flexibility index (Phi) is 11.7. The van der Waals surface area contributed by atoms with Crippen molar-refractivity contribution in [3.05, 3.63) is 299 Å². The van der Waals surface area contributed by atoms with E-state index in [9.17, 15) is 0 Å². The van der Waals surface area contributed by atoms with Gasteiger partial charge in [-0.25, -0.2) is 0 Å². The molecule has 3 heterocycles. The first-order chi connectivity index (χ1) is 40.6. The summed E-state index contributed by atoms with van der Waals surface area (Å²) in [4.78, 5) is 7.96. The number of para-hydroxylation sites is 2. The van der Waals surface area contributed by atoms with Crippen LogP contribution in [0.3, 0.4) is 0 Å². The Morgan fingerprint density at radius 2 is 0.890 bits per heavy atom. The third-order valence-electron chi connectivity index (χ3n) is 18.8. The molecule has 0 amide bonds. The first kappa shape index (κ1) is 48.8. The smallest absolute Gasteiger partial charge is 0.0492 e. The van der Waals surface area contributed by atoms with Crippen molar-refractivity contribution in [2.75, 3.05) is 9.80 Å². The highest BCUT2D eigenvalue weighted by Gasteiger charge is 2.61. The average molecular weight is 1080 g/mol. The van der Waals surface area contributed by atoms with E-state index >= 15 is 0 Å². The summed E-state index contributed by atoms with van der Waals surface area (Å²) in [5, 5.41) is 3.90. The topological polar surface area (TPSA) is 16.3 Å². The first-order valence-electron chi connectivity index (χ1n) is 29.5. The normalized spacial score (nSPS) is 17.5. The number of aryl methyl sites for hydroxylation is 2. The average Bonchev–Trinajstić information content (AvgIpc) is 3.05. The monoisotopic (exact) mass is 1070 g/mol. The van der Waals surface area contributed by atoms with E-state index in [0.717, 1.165) is 38.8 Å². The SMILES string of the molecule is CCn1c2c(c3cc(-c4ccccc4)ccc31)C=C(N(C1=CC=C3C4=CC=C(N(c5ccccc5)c5ccc6c(c5)c5cc(-c7ccccc7)ccc5n6CC)CC4C4(c5ccccc5Sc5ccccc54)C3C1)c1ccccc1)CC2. The van der Waals surface area contributed by atoms with Gasteiger partial charge in [0.15, 0.2) is 0 Å². The third kappa shape index (κ3) is 7.52. The largest absolute Gasteiger partial charge is 0.344 e. The zero-order valence-corrected chi connectivity index (χ0v) is 47.2. The van der Waals surface area contributed by atoms with Gasteiger partial charge in [0.25, 0.3) is 0 Å². The number of hydrogen-bond acceptors (Lipinski definition) is 3. The quantitative estimate of drug-likeness (QED) is 0.136. The summed E-state index contributed by atoms with van der Waals surface area (Å²) >= 11 is 1.95. The van der Waals surface area contributed by atoms with E-state index in [-0.39, 0.29) is 17.3 Å². The highest BCUT2D eigenvalue weighted by molar-refractivity contribution is 7.99. The maximum Gasteiger partial charge on any atom is 0.0492 e. The molecule has 1 fully saturated rings. The van der Waals surface area contributed by atoms with Gasteiger partial charge in [-0.3, -0.25) is 0 Å². The Balaban J connectivity index is 0.863. The van der Waals surface area contributed by atoms with Crippen LogP contribution in [0.2, 0.25) is 0 Å². The molecule has 11 aromatic rings. The van der Waals surface area contributed by atoms with Crippen LogP contribution >= 0.6 is 11.8 Å². The molecule has 0 radical (unpaired) electrons. The number of fused-ring (bicyclic) bond motifs is 15. The van der Waals surface area contributed by atoms with Crippen LogP contribution < -0.4 is 9.80 Å². The van der Waals surface area contributed by atoms with Gasteiger partial charge < -0.3 is 18.9 Å². The van der Waals surface area contributed by atoms with Crippen molar-refractivity contribution in [3.8, 4) is 22.3 Å². The van der Waals surface area contributed by atoms with Crippen molar-refractivity contribution in [1.82, 2.24) is 9.13 Å². The van der Waals surface area contributed by atoms with Gasteiger partial charge in [0, 0.05) is 118 Å². The Morgan fingerprint density at radius 1 is 0.415 bits per heavy atom. The van der Waals surface area contributed by atoms with E-state index in [1.54, 1.807) is 0 Å². The summed E-state index contributed by atoms with van der Waals surface area (Å²) in [5.74, 6) is 0.326. The van der Waals surface area contributed by atoms with Gasteiger partial charge >= 0.3 is 0 Å². The fraction of sp³-hybridized carbons (Fsp3) is 0.143. The molecule has 2 aromatic heterocycles. The van der Waals surface area contributed by atoms with Gasteiger partial charge in [-0.2, -0.15) is 0 Å². The molecule has 1 saturated carbocycles. The molecule has 1 aliphatic heterocycles. The number of anilines is 3. The molecule has 0 bridgehead atoms. The Bertz CT molecular complexity index is 4470. The molecule has 396 valence electrons. The van der Waals surface area contributed by atoms with Gasteiger partial charge in [-0.15, -0.1) is 0 Å². The fourth-order valence-electron chi connectivity index (χ4n) is 15.4. The zero-order chi connectivity index (χ0) is 54.5. The maximum absolute atomic E-state index is 2.65. The molecular formula is C77H62N4S. The second kappa shape index (κ2) is 19.6. The van der Waals surface area contributed by atoms with Crippen molar-refractivity contribution in [2.45, 2.75) is 67.8 Å². The second-order valence-corrected chi connectivity index (χ2v) is 23.8. The van der Waals surface area contributed by atoms with Crippen LogP contribution in [-0.2, 0) is 24.9 Å². The molecule has 4 nitrogen and oxygen atoms in total. The molecule has 9 aromatic carbocycles. The van der Waals surface area contributed by atoms with Crippen LogP contribution in [0, 0.1) is 11.8 Å². The minimum Gasteiger partial charge on any atom is -0.344 e. The van der Waals surface area contributed by atoms with Crippen molar-refractivity contribution < 1.29 is 0 Å². The lowest BCUT2D eigenvalue weighted by molar-refractivity contribution is 0.301. The Hall–Kier alpha value is -9.03. The number of rotatable bonds is 10. The highest BCUT2D eigenvalue weighted by Crippen LogP contribution is 2.68. The lowest BCUT2D eigenvalue weighted by atomic mass is 9.59. The summed E-state index contributed by atoms with van der Waals surface area (Å²) in [6.45, 7) is 6.40. The van der Waals surface area contributed by atoms with Crippen molar-refractivity contribution in [3.63, 3.8) is 0 Å². The lowest BCUT2D eigenvalue weighted by Crippen LogP contribution is -2.43. The minimum atomic E-state index is -0.358. The molecule has 5 heteroatoms. The van der Waals surface area contributed by atoms with E-state index < -0.39 is 0 Å². The predicted molar refractivity (Wildman–Crippen MR) is 344 cm³/mol. The maximum atomic E-state index is 2.65. The summed E-state index contributed by atoms with van der Waals surface area (Å²) in [7, 11) is 0. The van der Waals surface area contributed by atoms with Crippen LogP contribution in [0.5, 0.6) is 0 Å². The van der Waals surface area contributed by atoms with E-state index in [2.05, 4.69) is 288 Å². The highest BCUT2D eigenvalue weighted by atomic mass is 32.2. The Morgan fingerprint density at radius 3 is 1.46 bits per heavy atom. The standard InChI is InChI=1S/C77H62N4S/c1-3-78-71-41-33-53(51-21-9-5-10-22-51)45-63(71)65-47-57(37-43-73(65)78)80(55-25-13-7-14-26-55)59-35-39-61-62-40-36-60(50-70(62)77(69(61)49-59)67-29-17-19-31-75(67)82-76-32-20-18-30-68(76)77)81(56-27-15-8-16-28-56)58-38-44-74-66(48-58)64-46-54(52-23-11-6-12-24-52)34-42-72(64)79(74)4-2/h5-37,39-43,45-48,69-70H,3-4,38,44,49-50H2,1-2H3. The van der Waals surface area contributed by atoms with Crippen LogP contribution in [0.4, 0.5) is 17.1 Å². The first-order valence-corrected chi connectivity index (χ1v) is 30.3. The summed E-state index contributed by atoms with van der Waals surface area (Å²) in [5.41, 5.74) is 24.7. The van der Waals surface area contributed by atoms with Gasteiger partial charge in [0.1, 0.15) is 0 Å². The number of aromatic nitrogens is 2. The van der Waals surface area contributed by atoms with E-state index in [0.29, 0.717) is 0 Å². The summed E-state index contributed by atoms with van der Waals surface area (Å²) in [6, 6.07) is 84.2. The van der Waals surface area contributed by atoms with Gasteiger partial charge in [0.2, 0.25) is 0 Å². The Labute approximate surface area is 485 Å². The molecule has 4 aliphatic carbocycles. The molecule has 0 saturated heterocycles. The van der Waals surface area contributed by atoms with E-state index in [4.69, 9.17) is 0 Å². The predicted octanol–water partition coefficient (Wildman–Crippen LogP) is 19.9. The van der Waals surface area contributed by atoms with E-state index in [1.807, 2.05) is 11.8 Å². The lowest BCUT2D eigenvalue weighted by Gasteiger charge is -2.48. The molecule has 2 unspecified atom stereocenters. The van der Waals surface area contributed by atoms with Crippen LogP contribution in [-0.4, -0.2) is 9.13 Å². The minimum absolute atomic E-state index is 0.158. The fourth-order valence-corrected chi connectivity index (χ4v) is 16.6. The van der Waals surface area contributed by atoms with Crippen LogP contribution in [0.25, 0.3) is 61.0 Å². The second-order valence-electron chi connectivity index (χ2n) is 22.8. The zero-order valence-electron chi connectivity index (χ0n) is 46.3. The van der Waals surface area contributed by atoms with Gasteiger partial charge in [-0.05, 0) is 181 Å².